The van der Waals surface area contributed by atoms with E-state index in [1.165, 1.54) is 0 Å². The van der Waals surface area contributed by atoms with Crippen LogP contribution in [0.25, 0.3) is 0 Å². The maximum Gasteiger partial charge on any atom is 0.214 e. The molecule has 0 aromatic rings. The molecule has 0 aliphatic heterocycles. The van der Waals surface area contributed by atoms with Gasteiger partial charge in [-0.05, 0) is 56.9 Å². The van der Waals surface area contributed by atoms with Gasteiger partial charge in [0.25, 0.3) is 0 Å². The minimum Gasteiger partial charge on any atom is -0.330 e. The summed E-state index contributed by atoms with van der Waals surface area (Å²) in [6, 6.07) is 0. The Kier molecular flexibility index (Phi) is 6.14. The number of halogens is 1. The van der Waals surface area contributed by atoms with E-state index in [1.54, 1.807) is 0 Å². The maximum atomic E-state index is 12.5. The zero-order valence-corrected chi connectivity index (χ0v) is 13.6. The highest BCUT2D eigenvalue weighted by Gasteiger charge is 2.44. The van der Waals surface area contributed by atoms with Crippen molar-refractivity contribution in [2.75, 3.05) is 13.1 Å². The summed E-state index contributed by atoms with van der Waals surface area (Å²) in [7, 11) is -3.21. The molecule has 4 atom stereocenters. The lowest BCUT2D eigenvalue weighted by Gasteiger charge is -2.43. The van der Waals surface area contributed by atoms with E-state index in [9.17, 15) is 8.42 Å². The van der Waals surface area contributed by atoms with Gasteiger partial charge in [-0.3, -0.25) is 0 Å². The lowest BCUT2D eigenvalue weighted by atomic mass is 9.70. The van der Waals surface area contributed by atoms with Crippen LogP contribution in [0.15, 0.2) is 0 Å². The lowest BCUT2D eigenvalue weighted by Crippen LogP contribution is -2.47. The van der Waals surface area contributed by atoms with E-state index in [2.05, 4.69) is 4.72 Å². The number of hydrogen-bond donors (Lipinski definition) is 2. The number of alkyl halides is 1. The molecule has 20 heavy (non-hydrogen) atoms. The van der Waals surface area contributed by atoms with Crippen molar-refractivity contribution in [2.45, 2.75) is 62.0 Å². The summed E-state index contributed by atoms with van der Waals surface area (Å²) in [5, 5.41) is -0.0651. The van der Waals surface area contributed by atoms with Crippen molar-refractivity contribution in [1.82, 2.24) is 4.72 Å². The first-order valence-corrected chi connectivity index (χ1v) is 9.87. The van der Waals surface area contributed by atoms with Gasteiger partial charge in [0.15, 0.2) is 0 Å². The van der Waals surface area contributed by atoms with Gasteiger partial charge in [0.05, 0.1) is 5.25 Å². The van der Waals surface area contributed by atoms with Crippen LogP contribution in [0.3, 0.4) is 0 Å². The summed E-state index contributed by atoms with van der Waals surface area (Å²) in [5.41, 5.74) is 5.43. The van der Waals surface area contributed by atoms with Crippen LogP contribution in [0.2, 0.25) is 0 Å². The largest absolute Gasteiger partial charge is 0.330 e. The van der Waals surface area contributed by atoms with Gasteiger partial charge < -0.3 is 5.73 Å². The minimum absolute atomic E-state index is 0.170. The molecule has 6 heteroatoms. The molecule has 2 fully saturated rings. The van der Waals surface area contributed by atoms with E-state index < -0.39 is 10.0 Å². The molecule has 2 aliphatic carbocycles. The Hall–Kier alpha value is 0.160. The second-order valence-corrected chi connectivity index (χ2v) is 8.72. The summed E-state index contributed by atoms with van der Waals surface area (Å²) >= 11 is 6.42. The van der Waals surface area contributed by atoms with Crippen molar-refractivity contribution >= 4 is 21.6 Å². The molecule has 0 saturated heterocycles. The molecule has 2 saturated carbocycles. The highest BCUT2D eigenvalue weighted by molar-refractivity contribution is 7.90. The van der Waals surface area contributed by atoms with Crippen molar-refractivity contribution in [2.24, 2.45) is 17.6 Å². The summed E-state index contributed by atoms with van der Waals surface area (Å²) in [6.07, 6.45) is 7.67. The van der Waals surface area contributed by atoms with Crippen molar-refractivity contribution < 1.29 is 8.42 Å². The third-order valence-electron chi connectivity index (χ3n) is 4.87. The number of sulfonamides is 1. The molecular weight excluding hydrogens is 296 g/mol. The Balaban J connectivity index is 1.98. The summed E-state index contributed by atoms with van der Waals surface area (Å²) in [6.45, 7) is 1.13. The standard InChI is InChI=1S/C14H27ClN2O2S/c15-13-7-3-6-12-11(13)5-4-8-14(12)20(18,19)17-10-2-1-9-16/h11-14,17H,1-10,16H2. The molecule has 2 rings (SSSR count). The molecule has 0 heterocycles. The van der Waals surface area contributed by atoms with Crippen molar-refractivity contribution in [1.29, 1.82) is 0 Å². The summed E-state index contributed by atoms with van der Waals surface area (Å²) in [4.78, 5) is 0. The third kappa shape index (κ3) is 3.87. The molecule has 4 nitrogen and oxygen atoms in total. The number of hydrogen-bond acceptors (Lipinski definition) is 3. The Morgan fingerprint density at radius 2 is 1.75 bits per heavy atom. The average Bonchev–Trinajstić information content (AvgIpc) is 2.43. The molecule has 0 spiro atoms. The monoisotopic (exact) mass is 322 g/mol. The maximum absolute atomic E-state index is 12.5. The van der Waals surface area contributed by atoms with Gasteiger partial charge in [0, 0.05) is 11.9 Å². The van der Waals surface area contributed by atoms with E-state index >= 15 is 0 Å². The normalized spacial score (nSPS) is 34.7. The summed E-state index contributed by atoms with van der Waals surface area (Å²) in [5.74, 6) is 0.650. The minimum atomic E-state index is -3.21. The zero-order chi connectivity index (χ0) is 14.6. The quantitative estimate of drug-likeness (QED) is 0.582. The van der Waals surface area contributed by atoms with Crippen molar-refractivity contribution in [3.8, 4) is 0 Å². The molecule has 0 amide bonds. The Morgan fingerprint density at radius 3 is 2.50 bits per heavy atom. The summed E-state index contributed by atoms with van der Waals surface area (Å²) < 4.78 is 27.8. The number of nitrogens with one attached hydrogen (secondary N) is 1. The van der Waals surface area contributed by atoms with Crippen molar-refractivity contribution in [3.05, 3.63) is 0 Å². The molecule has 4 unspecified atom stereocenters. The van der Waals surface area contributed by atoms with Crippen LogP contribution in [0.1, 0.15) is 51.4 Å². The molecule has 2 aliphatic rings. The van der Waals surface area contributed by atoms with E-state index in [1.807, 2.05) is 0 Å². The first-order chi connectivity index (χ1) is 9.56. The van der Waals surface area contributed by atoms with Crippen LogP contribution in [0.5, 0.6) is 0 Å². The predicted molar refractivity (Wildman–Crippen MR) is 83.3 cm³/mol. The van der Waals surface area contributed by atoms with E-state index in [-0.39, 0.29) is 16.5 Å². The molecule has 0 aromatic heterocycles. The molecule has 0 radical (unpaired) electrons. The molecule has 3 N–H and O–H groups in total. The second kappa shape index (κ2) is 7.43. The number of fused-ring (bicyclic) bond motifs is 1. The van der Waals surface area contributed by atoms with Crippen molar-refractivity contribution in [3.63, 3.8) is 0 Å². The molecular formula is C14H27ClN2O2S. The number of unbranched alkanes of at least 4 members (excludes halogenated alkanes) is 1. The van der Waals surface area contributed by atoms with Crippen LogP contribution >= 0.6 is 11.6 Å². The second-order valence-electron chi connectivity index (χ2n) is 6.18. The van der Waals surface area contributed by atoms with Crippen LogP contribution in [-0.4, -0.2) is 32.1 Å². The molecule has 0 aromatic carbocycles. The Bertz CT molecular complexity index is 402. The van der Waals surface area contributed by atoms with Crippen LogP contribution < -0.4 is 10.5 Å². The van der Waals surface area contributed by atoms with E-state index in [4.69, 9.17) is 17.3 Å². The fourth-order valence-corrected chi connectivity index (χ4v) is 6.23. The highest BCUT2D eigenvalue weighted by Crippen LogP contribution is 2.44. The fraction of sp³-hybridized carbons (Fsp3) is 1.00. The van der Waals surface area contributed by atoms with Gasteiger partial charge in [-0.1, -0.05) is 12.8 Å². The Labute approximate surface area is 127 Å². The van der Waals surface area contributed by atoms with Crippen LogP contribution in [0.4, 0.5) is 0 Å². The van der Waals surface area contributed by atoms with Crippen LogP contribution in [0, 0.1) is 11.8 Å². The van der Waals surface area contributed by atoms with Gasteiger partial charge in [-0.2, -0.15) is 0 Å². The Morgan fingerprint density at radius 1 is 1.05 bits per heavy atom. The van der Waals surface area contributed by atoms with Crippen LogP contribution in [-0.2, 0) is 10.0 Å². The van der Waals surface area contributed by atoms with Gasteiger partial charge in [0.1, 0.15) is 0 Å². The van der Waals surface area contributed by atoms with Gasteiger partial charge in [-0.15, -0.1) is 11.6 Å². The highest BCUT2D eigenvalue weighted by atomic mass is 35.5. The van der Waals surface area contributed by atoms with E-state index in [0.717, 1.165) is 51.4 Å². The van der Waals surface area contributed by atoms with E-state index in [0.29, 0.717) is 19.0 Å². The first-order valence-electron chi connectivity index (χ1n) is 7.89. The third-order valence-corrected chi connectivity index (χ3v) is 7.40. The number of rotatable bonds is 6. The van der Waals surface area contributed by atoms with Gasteiger partial charge >= 0.3 is 0 Å². The topological polar surface area (TPSA) is 72.2 Å². The van der Waals surface area contributed by atoms with Gasteiger partial charge in [-0.25, -0.2) is 13.1 Å². The fourth-order valence-electron chi connectivity index (χ4n) is 3.85. The molecule has 0 bridgehead atoms. The SMILES string of the molecule is NCCCCNS(=O)(=O)C1CCCC2C(Cl)CCCC21. The lowest BCUT2D eigenvalue weighted by molar-refractivity contribution is 0.178. The average molecular weight is 323 g/mol. The van der Waals surface area contributed by atoms with Gasteiger partial charge in [0.2, 0.25) is 10.0 Å². The first kappa shape index (κ1) is 16.5. The molecule has 118 valence electrons. The predicted octanol–water partition coefficient (Wildman–Crippen LogP) is 2.22. The zero-order valence-electron chi connectivity index (χ0n) is 12.1. The smallest absolute Gasteiger partial charge is 0.214 e. The number of nitrogens with two attached hydrogens (primary N) is 1.